The third-order valence-corrected chi connectivity index (χ3v) is 3.91. The van der Waals surface area contributed by atoms with Crippen molar-refractivity contribution in [1.82, 2.24) is 0 Å². The van der Waals surface area contributed by atoms with Crippen molar-refractivity contribution >= 4 is 24.2 Å². The molecule has 2 rings (SSSR count). The van der Waals surface area contributed by atoms with Crippen LogP contribution >= 0.6 is 11.6 Å². The Morgan fingerprint density at radius 2 is 1.72 bits per heavy atom. The molecule has 1 aliphatic heterocycles. The van der Waals surface area contributed by atoms with Crippen LogP contribution in [0.3, 0.4) is 0 Å². The molecule has 1 saturated heterocycles. The minimum Gasteiger partial charge on any atom is -0.399 e. The highest BCUT2D eigenvalue weighted by atomic mass is 35.5. The summed E-state index contributed by atoms with van der Waals surface area (Å²) in [5.74, 6) is 2.62. The Labute approximate surface area is 114 Å². The summed E-state index contributed by atoms with van der Waals surface area (Å²) in [6, 6.07) is 5.41. The lowest BCUT2D eigenvalue weighted by molar-refractivity contribution is 0.00578. The van der Waals surface area contributed by atoms with Crippen molar-refractivity contribution in [3.05, 3.63) is 28.8 Å². The van der Waals surface area contributed by atoms with Crippen molar-refractivity contribution in [2.75, 3.05) is 0 Å². The van der Waals surface area contributed by atoms with E-state index in [4.69, 9.17) is 27.3 Å². The van der Waals surface area contributed by atoms with Gasteiger partial charge in [0, 0.05) is 10.6 Å². The fourth-order valence-corrected chi connectivity index (χ4v) is 2.00. The van der Waals surface area contributed by atoms with Gasteiger partial charge < -0.3 is 9.31 Å². The zero-order valence-corrected chi connectivity index (χ0v) is 11.8. The summed E-state index contributed by atoms with van der Waals surface area (Å²) in [7, 11) is -0.446. The van der Waals surface area contributed by atoms with Gasteiger partial charge in [0.1, 0.15) is 0 Å². The van der Waals surface area contributed by atoms with Crippen molar-refractivity contribution in [1.29, 1.82) is 0 Å². The molecule has 0 N–H and O–H groups in total. The highest BCUT2D eigenvalue weighted by Crippen LogP contribution is 2.36. The number of halogens is 1. The Morgan fingerprint density at radius 3 is 2.22 bits per heavy atom. The van der Waals surface area contributed by atoms with Gasteiger partial charge in [-0.2, -0.15) is 0 Å². The first-order valence-electron chi connectivity index (χ1n) is 5.88. The minimum absolute atomic E-state index is 0.372. The molecule has 1 aliphatic rings. The van der Waals surface area contributed by atoms with E-state index in [9.17, 15) is 0 Å². The van der Waals surface area contributed by atoms with Crippen LogP contribution < -0.4 is 5.46 Å². The summed E-state index contributed by atoms with van der Waals surface area (Å²) in [4.78, 5) is 0. The van der Waals surface area contributed by atoms with E-state index < -0.39 is 7.12 Å². The molecule has 0 spiro atoms. The summed E-state index contributed by atoms with van der Waals surface area (Å²) in [5, 5.41) is 0.614. The zero-order valence-electron chi connectivity index (χ0n) is 11.1. The van der Waals surface area contributed by atoms with Gasteiger partial charge in [0.2, 0.25) is 0 Å². The van der Waals surface area contributed by atoms with Crippen molar-refractivity contribution in [3.8, 4) is 12.3 Å². The van der Waals surface area contributed by atoms with Crippen LogP contribution in [0.4, 0.5) is 0 Å². The van der Waals surface area contributed by atoms with Gasteiger partial charge in [-0.25, -0.2) is 0 Å². The monoisotopic (exact) mass is 262 g/mol. The van der Waals surface area contributed by atoms with Crippen LogP contribution in [0.5, 0.6) is 0 Å². The van der Waals surface area contributed by atoms with Crippen molar-refractivity contribution in [2.24, 2.45) is 0 Å². The number of hydrogen-bond acceptors (Lipinski definition) is 2. The molecule has 0 saturated carbocycles. The lowest BCUT2D eigenvalue weighted by atomic mass is 9.76. The quantitative estimate of drug-likeness (QED) is 0.572. The van der Waals surface area contributed by atoms with Crippen LogP contribution in [0.15, 0.2) is 18.2 Å². The first kappa shape index (κ1) is 13.5. The summed E-state index contributed by atoms with van der Waals surface area (Å²) in [6.45, 7) is 8.05. The second kappa shape index (κ2) is 4.31. The number of hydrogen-bond donors (Lipinski definition) is 0. The van der Waals surface area contributed by atoms with E-state index in [1.165, 1.54) is 0 Å². The largest absolute Gasteiger partial charge is 0.496 e. The second-order valence-electron chi connectivity index (χ2n) is 5.46. The van der Waals surface area contributed by atoms with Gasteiger partial charge in [-0.1, -0.05) is 23.6 Å². The molecule has 0 atom stereocenters. The van der Waals surface area contributed by atoms with E-state index in [0.29, 0.717) is 10.6 Å². The van der Waals surface area contributed by atoms with E-state index in [-0.39, 0.29) is 11.2 Å². The van der Waals surface area contributed by atoms with Gasteiger partial charge in [-0.3, -0.25) is 0 Å². The molecule has 18 heavy (non-hydrogen) atoms. The Hall–Kier alpha value is -0.945. The molecule has 4 heteroatoms. The topological polar surface area (TPSA) is 18.5 Å². The zero-order chi connectivity index (χ0) is 13.6. The lowest BCUT2D eigenvalue weighted by Crippen LogP contribution is -2.41. The Balaban J connectivity index is 2.39. The number of rotatable bonds is 1. The predicted molar refractivity (Wildman–Crippen MR) is 75.1 cm³/mol. The van der Waals surface area contributed by atoms with E-state index in [0.717, 1.165) is 5.46 Å². The summed E-state index contributed by atoms with van der Waals surface area (Å²) < 4.78 is 11.9. The minimum atomic E-state index is -0.446. The predicted octanol–water partition coefficient (Wildman–Crippen LogP) is 2.62. The summed E-state index contributed by atoms with van der Waals surface area (Å²) >= 11 is 5.94. The molecule has 0 bridgehead atoms. The molecule has 0 aromatic heterocycles. The normalized spacial score (nSPS) is 20.8. The van der Waals surface area contributed by atoms with Crippen molar-refractivity contribution in [3.63, 3.8) is 0 Å². The molecule has 0 amide bonds. The summed E-state index contributed by atoms with van der Waals surface area (Å²) in [6.07, 6.45) is 5.50. The standard InChI is InChI=1S/C14H16BClO2/c1-6-10-9-11(16)7-8-12(10)15-17-13(2,3)14(4,5)18-15/h1,7-9H,2-5H3. The van der Waals surface area contributed by atoms with Crippen LogP contribution in [-0.2, 0) is 9.31 Å². The van der Waals surface area contributed by atoms with Gasteiger partial charge in [-0.15, -0.1) is 6.42 Å². The van der Waals surface area contributed by atoms with Crippen molar-refractivity contribution in [2.45, 2.75) is 38.9 Å². The van der Waals surface area contributed by atoms with Gasteiger partial charge >= 0.3 is 7.12 Å². The summed E-state index contributed by atoms with van der Waals surface area (Å²) in [5.41, 5.74) is 0.813. The highest BCUT2D eigenvalue weighted by Gasteiger charge is 2.52. The Kier molecular flexibility index (Phi) is 3.23. The smallest absolute Gasteiger partial charge is 0.399 e. The van der Waals surface area contributed by atoms with Crippen molar-refractivity contribution < 1.29 is 9.31 Å². The van der Waals surface area contributed by atoms with E-state index >= 15 is 0 Å². The lowest BCUT2D eigenvalue weighted by Gasteiger charge is -2.32. The van der Waals surface area contributed by atoms with Crippen LogP contribution in [0.2, 0.25) is 5.02 Å². The molecule has 1 heterocycles. The molecule has 2 nitrogen and oxygen atoms in total. The Morgan fingerprint density at radius 1 is 1.17 bits per heavy atom. The molecule has 0 unspecified atom stereocenters. The molecule has 1 aromatic carbocycles. The fourth-order valence-electron chi connectivity index (χ4n) is 1.83. The Bertz CT molecular complexity index is 501. The van der Waals surface area contributed by atoms with E-state index in [2.05, 4.69) is 5.92 Å². The maximum atomic E-state index is 5.97. The van der Waals surface area contributed by atoms with Crippen LogP contribution in [0.25, 0.3) is 0 Å². The van der Waals surface area contributed by atoms with Crippen LogP contribution in [0, 0.1) is 12.3 Å². The molecule has 0 aliphatic carbocycles. The highest BCUT2D eigenvalue weighted by molar-refractivity contribution is 6.63. The molecular formula is C14H16BClO2. The average molecular weight is 263 g/mol. The first-order valence-corrected chi connectivity index (χ1v) is 6.26. The molecule has 1 fully saturated rings. The van der Waals surface area contributed by atoms with Gasteiger partial charge in [0.15, 0.2) is 0 Å². The molecule has 0 radical (unpaired) electrons. The number of terminal acetylenes is 1. The third kappa shape index (κ3) is 2.17. The van der Waals surface area contributed by atoms with Gasteiger partial charge in [0.05, 0.1) is 11.2 Å². The van der Waals surface area contributed by atoms with E-state index in [1.54, 1.807) is 12.1 Å². The molecular weight excluding hydrogens is 246 g/mol. The maximum absolute atomic E-state index is 5.97. The fraction of sp³-hybridized carbons (Fsp3) is 0.429. The average Bonchev–Trinajstić information content (AvgIpc) is 2.47. The number of benzene rings is 1. The first-order chi connectivity index (χ1) is 8.27. The van der Waals surface area contributed by atoms with Gasteiger partial charge in [0.25, 0.3) is 0 Å². The second-order valence-corrected chi connectivity index (χ2v) is 5.90. The molecule has 1 aromatic rings. The SMILES string of the molecule is C#Cc1cc(Cl)ccc1B1OC(C)(C)C(C)(C)O1. The van der Waals surface area contributed by atoms with E-state index in [1.807, 2.05) is 33.8 Å². The van der Waals surface area contributed by atoms with Crippen LogP contribution in [-0.4, -0.2) is 18.3 Å². The third-order valence-electron chi connectivity index (χ3n) is 3.68. The molecule has 94 valence electrons. The van der Waals surface area contributed by atoms with Crippen LogP contribution in [0.1, 0.15) is 33.3 Å². The van der Waals surface area contributed by atoms with Gasteiger partial charge in [-0.05, 0) is 45.3 Å². The maximum Gasteiger partial charge on any atom is 0.496 e.